The van der Waals surface area contributed by atoms with Crippen LogP contribution in [0.15, 0.2) is 16.1 Å². The second-order valence-electron chi connectivity index (χ2n) is 13.6. The van der Waals surface area contributed by atoms with Gasteiger partial charge >= 0.3 is 5.97 Å². The number of methoxy groups -OCH3 is 2. The Morgan fingerprint density at radius 2 is 1.98 bits per heavy atom. The van der Waals surface area contributed by atoms with Crippen LogP contribution >= 0.6 is 0 Å². The molecule has 3 rings (SSSR count). The number of aliphatic hydroxyl groups is 1. The molecule has 3 aliphatic rings. The van der Waals surface area contributed by atoms with Crippen molar-refractivity contribution in [2.75, 3.05) is 27.4 Å². The highest BCUT2D eigenvalue weighted by Gasteiger charge is 2.34. The zero-order valence-electron chi connectivity index (χ0n) is 27.9. The van der Waals surface area contributed by atoms with E-state index < -0.39 is 6.10 Å². The van der Waals surface area contributed by atoms with E-state index in [1.807, 2.05) is 6.21 Å². The number of quaternary nitrogens is 1. The Balaban J connectivity index is 1.54. The van der Waals surface area contributed by atoms with Crippen LogP contribution in [-0.2, 0) is 23.8 Å². The third kappa shape index (κ3) is 12.5. The highest BCUT2D eigenvalue weighted by atomic mass is 16.5. The van der Waals surface area contributed by atoms with Gasteiger partial charge in [-0.1, -0.05) is 13.3 Å². The number of Topliss-reactive ketones (excluding diaryl/α,β-unsaturated/α-hetero) is 1. The summed E-state index contributed by atoms with van der Waals surface area (Å²) in [6.07, 6.45) is 14.3. The lowest BCUT2D eigenvalue weighted by molar-refractivity contribution is -0.699. The number of nitrogens with two attached hydrogens (primary N) is 2. The van der Waals surface area contributed by atoms with Crippen LogP contribution in [0.1, 0.15) is 110 Å². The number of esters is 1. The minimum atomic E-state index is -0.413. The van der Waals surface area contributed by atoms with Crippen LogP contribution in [0, 0.1) is 30.2 Å². The number of aliphatic hydroxyl groups excluding tert-OH is 1. The molecule has 1 aliphatic carbocycles. The molecule has 1 saturated heterocycles. The van der Waals surface area contributed by atoms with Gasteiger partial charge in [0.1, 0.15) is 30.2 Å². The molecule has 0 bridgehead atoms. The normalized spacial score (nSPS) is 27.5. The van der Waals surface area contributed by atoms with Gasteiger partial charge in [-0.15, -0.1) is 4.99 Å². The van der Waals surface area contributed by atoms with Gasteiger partial charge in [0, 0.05) is 59.9 Å². The Labute approximate surface area is 266 Å². The van der Waals surface area contributed by atoms with Crippen LogP contribution in [-0.4, -0.2) is 74.9 Å². The van der Waals surface area contributed by atoms with Crippen LogP contribution in [0.2, 0.25) is 0 Å². The number of allylic oxidation sites excluding steroid dienone is 1. The molecule has 8 atom stereocenters. The summed E-state index contributed by atoms with van der Waals surface area (Å²) >= 11 is 0. The van der Waals surface area contributed by atoms with Crippen molar-refractivity contribution in [2.24, 2.45) is 34.4 Å². The average Bonchev–Trinajstić information content (AvgIpc) is 3.44. The Morgan fingerprint density at radius 3 is 2.68 bits per heavy atom. The molecular weight excluding hydrogens is 558 g/mol. The third-order valence-electron chi connectivity index (χ3n) is 10.3. The topological polar surface area (TPSA) is 137 Å². The Morgan fingerprint density at radius 1 is 1.16 bits per heavy atom. The van der Waals surface area contributed by atoms with Gasteiger partial charge in [0.2, 0.25) is 0 Å². The lowest BCUT2D eigenvalue weighted by Gasteiger charge is -2.32. The Hall–Kier alpha value is -1.78. The van der Waals surface area contributed by atoms with Crippen molar-refractivity contribution in [2.45, 2.75) is 135 Å². The first kappa shape index (κ1) is 36.7. The number of hydrogen-bond acceptors (Lipinski definition) is 8. The molecule has 0 radical (unpaired) electrons. The van der Waals surface area contributed by atoms with E-state index in [4.69, 9.17) is 19.9 Å². The maximum absolute atomic E-state index is 13.0. The lowest BCUT2D eigenvalue weighted by Crippen LogP contribution is -2.94. The molecule has 0 aromatic heterocycles. The monoisotopic (exact) mass is 619 g/mol. The Bertz CT molecular complexity index is 939. The van der Waals surface area contributed by atoms with Crippen LogP contribution in [0.3, 0.4) is 0 Å². The zero-order valence-corrected chi connectivity index (χ0v) is 27.9. The Kier molecular flexibility index (Phi) is 16.4. The van der Waals surface area contributed by atoms with Crippen LogP contribution in [0.25, 0.3) is 0 Å². The molecule has 44 heavy (non-hydrogen) atoms. The standard InChI is InChI=1S/C35H60N3O6/c1-5-25(9-12-32(44-24(2)39)21-31(40)11-8-26-10-13-33(41)34(18-26)43-4)17-29-22-37-23-30(29)19-27(7-6-16-42-3)28-14-15-38-35(36)20-28/h22-23,25-28,32-35,38,41H,5-21,36H2,1-4H3/q+1/p+1/t25-,26?,27+,28?,32-,33?,34?,35?/m1/s1. The van der Waals surface area contributed by atoms with Crippen molar-refractivity contribution in [3.05, 3.63) is 17.7 Å². The highest BCUT2D eigenvalue weighted by Crippen LogP contribution is 2.36. The summed E-state index contributed by atoms with van der Waals surface area (Å²) < 4.78 is 16.4. The number of ether oxygens (including phenoxy) is 3. The van der Waals surface area contributed by atoms with E-state index >= 15 is 0 Å². The van der Waals surface area contributed by atoms with Gasteiger partial charge < -0.3 is 24.6 Å². The SMILES string of the molecule is CC[C@H](CC[C@H](CC(=O)CCC1CCC(O)C(OC)C1)OC(C)=O)CC1=C(C[C@H](CCCOC)C2CC[NH2+]C(N)C2)[CH+]N=C1. The molecular formula is C35H61N3O6+2. The van der Waals surface area contributed by atoms with Crippen molar-refractivity contribution in [1.82, 2.24) is 0 Å². The predicted octanol–water partition coefficient (Wildman–Crippen LogP) is 4.26. The first-order valence-electron chi connectivity index (χ1n) is 17.3. The van der Waals surface area contributed by atoms with Crippen LogP contribution in [0.4, 0.5) is 0 Å². The number of ketones is 1. The summed E-state index contributed by atoms with van der Waals surface area (Å²) in [5.74, 6) is 1.82. The molecule has 0 aromatic carbocycles. The van der Waals surface area contributed by atoms with Crippen LogP contribution < -0.4 is 11.1 Å². The number of rotatable bonds is 20. The summed E-state index contributed by atoms with van der Waals surface area (Å²) in [4.78, 5) is 29.4. The minimum absolute atomic E-state index is 0.145. The number of aliphatic imine (C=N–C) groups is 1. The third-order valence-corrected chi connectivity index (χ3v) is 10.3. The summed E-state index contributed by atoms with van der Waals surface area (Å²) in [5, 5.41) is 12.3. The molecule has 2 fully saturated rings. The summed E-state index contributed by atoms with van der Waals surface area (Å²) in [5.41, 5.74) is 9.01. The smallest absolute Gasteiger partial charge is 0.302 e. The fourth-order valence-corrected chi connectivity index (χ4v) is 7.60. The molecule has 0 aromatic rings. The van der Waals surface area contributed by atoms with E-state index in [0.29, 0.717) is 42.9 Å². The number of carbonyl (C=O) groups is 2. The maximum atomic E-state index is 13.0. The van der Waals surface area contributed by atoms with Crippen molar-refractivity contribution in [3.63, 3.8) is 0 Å². The largest absolute Gasteiger partial charge is 0.462 e. The molecule has 0 amide bonds. The molecule has 0 spiro atoms. The summed E-state index contributed by atoms with van der Waals surface area (Å²) in [7, 11) is 3.41. The van der Waals surface area contributed by atoms with E-state index in [-0.39, 0.29) is 36.5 Å². The van der Waals surface area contributed by atoms with Gasteiger partial charge in [-0.3, -0.25) is 15.3 Å². The predicted molar refractivity (Wildman–Crippen MR) is 173 cm³/mol. The van der Waals surface area contributed by atoms with E-state index in [1.54, 1.807) is 14.2 Å². The van der Waals surface area contributed by atoms with Gasteiger partial charge in [-0.05, 0) is 81.5 Å². The summed E-state index contributed by atoms with van der Waals surface area (Å²) in [6.45, 7) is 7.59. The molecule has 250 valence electrons. The van der Waals surface area contributed by atoms with Crippen molar-refractivity contribution >= 4 is 18.0 Å². The molecule has 5 unspecified atom stereocenters. The summed E-state index contributed by atoms with van der Waals surface area (Å²) in [6, 6.07) is 0. The number of piperidine rings is 1. The average molecular weight is 620 g/mol. The van der Waals surface area contributed by atoms with E-state index in [1.165, 1.54) is 24.5 Å². The van der Waals surface area contributed by atoms with Crippen LogP contribution in [0.5, 0.6) is 0 Å². The fraction of sp³-hybridized carbons (Fsp3) is 0.829. The van der Waals surface area contributed by atoms with Crippen molar-refractivity contribution < 1.29 is 34.2 Å². The molecule has 5 N–H and O–H groups in total. The first-order chi connectivity index (χ1) is 21.2. The zero-order chi connectivity index (χ0) is 31.9. The van der Waals surface area contributed by atoms with E-state index in [9.17, 15) is 14.7 Å². The van der Waals surface area contributed by atoms with Gasteiger partial charge in [-0.25, -0.2) is 0 Å². The van der Waals surface area contributed by atoms with Crippen molar-refractivity contribution in [3.8, 4) is 0 Å². The second-order valence-corrected chi connectivity index (χ2v) is 13.6. The van der Waals surface area contributed by atoms with E-state index in [0.717, 1.165) is 77.4 Å². The molecule has 9 nitrogen and oxygen atoms in total. The second kappa shape index (κ2) is 19.7. The molecule has 9 heteroatoms. The maximum Gasteiger partial charge on any atom is 0.302 e. The fourth-order valence-electron chi connectivity index (χ4n) is 7.60. The molecule has 1 saturated carbocycles. The van der Waals surface area contributed by atoms with Gasteiger partial charge in [0.15, 0.2) is 6.21 Å². The first-order valence-corrected chi connectivity index (χ1v) is 17.3. The van der Waals surface area contributed by atoms with Gasteiger partial charge in [0.05, 0.1) is 24.3 Å². The van der Waals surface area contributed by atoms with Crippen molar-refractivity contribution in [1.29, 1.82) is 0 Å². The lowest BCUT2D eigenvalue weighted by atomic mass is 9.77. The van der Waals surface area contributed by atoms with Gasteiger partial charge in [-0.2, -0.15) is 0 Å². The number of carbonyl (C=O) groups excluding carboxylic acids is 2. The quantitative estimate of drug-likeness (QED) is 0.105. The van der Waals surface area contributed by atoms with E-state index in [2.05, 4.69) is 23.8 Å². The molecule has 2 heterocycles. The van der Waals surface area contributed by atoms with Gasteiger partial charge in [0.25, 0.3) is 0 Å². The number of nitrogens with zero attached hydrogens (tertiary/aromatic N) is 1. The number of hydrogen-bond donors (Lipinski definition) is 3. The highest BCUT2D eigenvalue weighted by molar-refractivity contribution is 5.84. The molecule has 2 aliphatic heterocycles. The minimum Gasteiger partial charge on any atom is -0.462 e.